The van der Waals surface area contributed by atoms with Crippen LogP contribution in [0, 0.1) is 13.8 Å². The number of carbonyl (C=O) groups excluding carboxylic acids is 2. The van der Waals surface area contributed by atoms with Gasteiger partial charge in [0, 0.05) is 13.6 Å². The van der Waals surface area contributed by atoms with Crippen molar-refractivity contribution < 1.29 is 9.59 Å². The molecule has 0 fully saturated rings. The van der Waals surface area contributed by atoms with E-state index in [1.54, 1.807) is 11.9 Å². The molecule has 1 aromatic carbocycles. The largest absolute Gasteiger partial charge is 0.345 e. The van der Waals surface area contributed by atoms with E-state index in [-0.39, 0.29) is 18.1 Å². The van der Waals surface area contributed by atoms with Gasteiger partial charge in [0.15, 0.2) is 0 Å². The summed E-state index contributed by atoms with van der Waals surface area (Å²) in [6.45, 7) is 6.23. The number of hydrogen-bond acceptors (Lipinski definition) is 2. The predicted octanol–water partition coefficient (Wildman–Crippen LogP) is 2.28. The van der Waals surface area contributed by atoms with Crippen molar-refractivity contribution in [1.29, 1.82) is 0 Å². The van der Waals surface area contributed by atoms with Crippen LogP contribution >= 0.6 is 0 Å². The average Bonchev–Trinajstić information content (AvgIpc) is 2.29. The van der Waals surface area contributed by atoms with Crippen LogP contribution in [0.4, 0.5) is 0 Å². The lowest BCUT2D eigenvalue weighted by molar-refractivity contribution is -0.133. The van der Waals surface area contributed by atoms with Gasteiger partial charge in [0.25, 0.3) is 0 Å². The molecular formula is C15H21NO2. The smallest absolute Gasteiger partial charge is 0.229 e. The zero-order valence-electron chi connectivity index (χ0n) is 11.6. The van der Waals surface area contributed by atoms with Gasteiger partial charge in [-0.1, -0.05) is 23.8 Å². The maximum absolute atomic E-state index is 11.6. The lowest BCUT2D eigenvalue weighted by Gasteiger charge is -2.17. The van der Waals surface area contributed by atoms with Gasteiger partial charge in [-0.2, -0.15) is 0 Å². The van der Waals surface area contributed by atoms with Crippen molar-refractivity contribution in [3.8, 4) is 0 Å². The Morgan fingerprint density at radius 1 is 1.22 bits per heavy atom. The Balaban J connectivity index is 2.57. The van der Waals surface area contributed by atoms with E-state index in [2.05, 4.69) is 32.0 Å². The molecular weight excluding hydrogens is 226 g/mol. The zero-order valence-corrected chi connectivity index (χ0v) is 11.6. The quantitative estimate of drug-likeness (QED) is 0.749. The molecule has 0 heterocycles. The average molecular weight is 247 g/mol. The first-order valence-electron chi connectivity index (χ1n) is 6.19. The number of amides is 1. The van der Waals surface area contributed by atoms with Crippen LogP contribution in [0.2, 0.25) is 0 Å². The number of benzene rings is 1. The van der Waals surface area contributed by atoms with Gasteiger partial charge >= 0.3 is 0 Å². The topological polar surface area (TPSA) is 37.4 Å². The maximum atomic E-state index is 11.6. The third kappa shape index (κ3) is 4.32. The minimum atomic E-state index is -0.104. The highest BCUT2D eigenvalue weighted by Crippen LogP contribution is 2.11. The highest BCUT2D eigenvalue weighted by molar-refractivity contribution is 5.96. The molecule has 0 N–H and O–H groups in total. The van der Waals surface area contributed by atoms with Crippen molar-refractivity contribution in [3.05, 3.63) is 34.9 Å². The van der Waals surface area contributed by atoms with E-state index in [0.29, 0.717) is 6.54 Å². The van der Waals surface area contributed by atoms with E-state index in [4.69, 9.17) is 0 Å². The van der Waals surface area contributed by atoms with Crippen LogP contribution in [-0.4, -0.2) is 30.2 Å². The Morgan fingerprint density at radius 2 is 1.89 bits per heavy atom. The molecule has 1 amide bonds. The van der Waals surface area contributed by atoms with E-state index in [1.165, 1.54) is 23.6 Å². The van der Waals surface area contributed by atoms with Gasteiger partial charge in [0.05, 0.1) is 6.42 Å². The minimum Gasteiger partial charge on any atom is -0.345 e. The first-order valence-corrected chi connectivity index (χ1v) is 6.19. The van der Waals surface area contributed by atoms with Gasteiger partial charge in [-0.15, -0.1) is 0 Å². The van der Waals surface area contributed by atoms with Crippen LogP contribution in [0.3, 0.4) is 0 Å². The molecule has 1 rings (SSSR count). The Labute approximate surface area is 109 Å². The highest BCUT2D eigenvalue weighted by Gasteiger charge is 2.11. The molecule has 0 spiro atoms. The number of Topliss-reactive ketones (excluding diaryl/α,β-unsaturated/α-hetero) is 1. The number of hydrogen-bond donors (Lipinski definition) is 0. The van der Waals surface area contributed by atoms with Crippen LogP contribution in [0.25, 0.3) is 0 Å². The number of nitrogens with zero attached hydrogens (tertiary/aromatic N) is 1. The molecule has 98 valence electrons. The molecule has 0 unspecified atom stereocenters. The SMILES string of the molecule is CC(=O)CC(=O)N(C)CCc1cc(C)ccc1C. The van der Waals surface area contributed by atoms with Gasteiger partial charge in [-0.25, -0.2) is 0 Å². The van der Waals surface area contributed by atoms with Crippen molar-refractivity contribution in [2.75, 3.05) is 13.6 Å². The van der Waals surface area contributed by atoms with Gasteiger partial charge in [0.1, 0.15) is 5.78 Å². The number of likely N-dealkylation sites (N-methyl/N-ethyl adjacent to an activating group) is 1. The lowest BCUT2D eigenvalue weighted by atomic mass is 10.0. The van der Waals surface area contributed by atoms with Crippen molar-refractivity contribution >= 4 is 11.7 Å². The fourth-order valence-corrected chi connectivity index (χ4v) is 1.83. The second-order valence-corrected chi connectivity index (χ2v) is 4.87. The molecule has 3 nitrogen and oxygen atoms in total. The van der Waals surface area contributed by atoms with E-state index in [0.717, 1.165) is 6.42 Å². The van der Waals surface area contributed by atoms with Gasteiger partial charge in [-0.05, 0) is 38.3 Å². The van der Waals surface area contributed by atoms with Gasteiger partial charge in [0.2, 0.25) is 5.91 Å². The Bertz CT molecular complexity index is 452. The van der Waals surface area contributed by atoms with Crippen LogP contribution in [0.1, 0.15) is 30.0 Å². The highest BCUT2D eigenvalue weighted by atomic mass is 16.2. The number of aryl methyl sites for hydroxylation is 2. The summed E-state index contributed by atoms with van der Waals surface area (Å²) >= 11 is 0. The molecule has 0 bridgehead atoms. The van der Waals surface area contributed by atoms with Crippen molar-refractivity contribution in [2.24, 2.45) is 0 Å². The van der Waals surface area contributed by atoms with E-state index in [1.807, 2.05) is 0 Å². The summed E-state index contributed by atoms with van der Waals surface area (Å²) in [4.78, 5) is 24.1. The molecule has 0 atom stereocenters. The lowest BCUT2D eigenvalue weighted by Crippen LogP contribution is -2.30. The molecule has 1 aromatic rings. The molecule has 0 saturated carbocycles. The third-order valence-corrected chi connectivity index (χ3v) is 3.05. The molecule has 18 heavy (non-hydrogen) atoms. The van der Waals surface area contributed by atoms with Crippen molar-refractivity contribution in [2.45, 2.75) is 33.6 Å². The molecule has 0 saturated heterocycles. The van der Waals surface area contributed by atoms with Crippen molar-refractivity contribution in [3.63, 3.8) is 0 Å². The summed E-state index contributed by atoms with van der Waals surface area (Å²) in [6, 6.07) is 6.34. The maximum Gasteiger partial charge on any atom is 0.229 e. The number of rotatable bonds is 5. The molecule has 3 heteroatoms. The number of carbonyl (C=O) groups is 2. The Kier molecular flexibility index (Phi) is 5.08. The Hall–Kier alpha value is -1.64. The second-order valence-electron chi connectivity index (χ2n) is 4.87. The summed E-state index contributed by atoms with van der Waals surface area (Å²) < 4.78 is 0. The van der Waals surface area contributed by atoms with E-state index >= 15 is 0 Å². The molecule has 0 aliphatic heterocycles. The van der Waals surface area contributed by atoms with E-state index in [9.17, 15) is 9.59 Å². The molecule has 0 aliphatic carbocycles. The first-order chi connectivity index (χ1) is 8.40. The normalized spacial score (nSPS) is 10.2. The van der Waals surface area contributed by atoms with Crippen LogP contribution in [0.5, 0.6) is 0 Å². The summed E-state index contributed by atoms with van der Waals surface area (Å²) in [6.07, 6.45) is 0.830. The summed E-state index contributed by atoms with van der Waals surface area (Å²) in [5.41, 5.74) is 3.74. The first kappa shape index (κ1) is 14.4. The molecule has 0 aromatic heterocycles. The zero-order chi connectivity index (χ0) is 13.7. The van der Waals surface area contributed by atoms with Gasteiger partial charge in [-0.3, -0.25) is 9.59 Å². The van der Waals surface area contributed by atoms with E-state index < -0.39 is 0 Å². The van der Waals surface area contributed by atoms with Crippen LogP contribution in [-0.2, 0) is 16.0 Å². The Morgan fingerprint density at radius 3 is 2.50 bits per heavy atom. The fourth-order valence-electron chi connectivity index (χ4n) is 1.83. The standard InChI is InChI=1S/C15H21NO2/c1-11-5-6-12(2)14(9-11)7-8-16(4)15(18)10-13(3)17/h5-6,9H,7-8,10H2,1-4H3. The minimum absolute atomic E-state index is 0.00327. The van der Waals surface area contributed by atoms with Crippen LogP contribution < -0.4 is 0 Å². The summed E-state index contributed by atoms with van der Waals surface area (Å²) in [5.74, 6) is -0.189. The second kappa shape index (κ2) is 6.34. The fraction of sp³-hybridized carbons (Fsp3) is 0.467. The summed E-state index contributed by atoms with van der Waals surface area (Å²) in [5, 5.41) is 0. The van der Waals surface area contributed by atoms with Crippen molar-refractivity contribution in [1.82, 2.24) is 4.90 Å². The van der Waals surface area contributed by atoms with Crippen LogP contribution in [0.15, 0.2) is 18.2 Å². The monoisotopic (exact) mass is 247 g/mol. The molecule has 0 radical (unpaired) electrons. The predicted molar refractivity (Wildman–Crippen MR) is 72.6 cm³/mol. The van der Waals surface area contributed by atoms with Gasteiger partial charge < -0.3 is 4.90 Å². The summed E-state index contributed by atoms with van der Waals surface area (Å²) in [7, 11) is 1.75. The molecule has 0 aliphatic rings. The third-order valence-electron chi connectivity index (χ3n) is 3.05. The number of ketones is 1.